The highest BCUT2D eigenvalue weighted by molar-refractivity contribution is 5.77. The molecule has 0 radical (unpaired) electrons. The van der Waals surface area contributed by atoms with Crippen LogP contribution in [0.4, 0.5) is 0 Å². The maximum absolute atomic E-state index is 5.78. The predicted molar refractivity (Wildman–Crippen MR) is 78.5 cm³/mol. The Labute approximate surface area is 117 Å². The van der Waals surface area contributed by atoms with E-state index in [0.717, 1.165) is 28.0 Å². The molecule has 0 fully saturated rings. The Morgan fingerprint density at radius 2 is 2.10 bits per heavy atom. The molecule has 2 aromatic carbocycles. The van der Waals surface area contributed by atoms with E-state index in [1.54, 1.807) is 0 Å². The molecule has 0 saturated carbocycles. The van der Waals surface area contributed by atoms with Gasteiger partial charge in [-0.25, -0.2) is 4.98 Å². The van der Waals surface area contributed by atoms with Gasteiger partial charge in [-0.05, 0) is 42.8 Å². The SMILES string of the molecule is CCOc1cccc(-c2nc3cc(CN)ccc3o2)c1. The molecule has 102 valence electrons. The van der Waals surface area contributed by atoms with Crippen molar-refractivity contribution >= 4 is 11.1 Å². The normalized spacial score (nSPS) is 10.9. The molecule has 1 heterocycles. The van der Waals surface area contributed by atoms with Crippen LogP contribution in [0.5, 0.6) is 5.75 Å². The lowest BCUT2D eigenvalue weighted by atomic mass is 10.2. The summed E-state index contributed by atoms with van der Waals surface area (Å²) in [6, 6.07) is 13.5. The molecule has 0 spiro atoms. The van der Waals surface area contributed by atoms with E-state index in [1.807, 2.05) is 49.4 Å². The van der Waals surface area contributed by atoms with Crippen molar-refractivity contribution in [1.29, 1.82) is 0 Å². The first-order valence-corrected chi connectivity index (χ1v) is 6.63. The van der Waals surface area contributed by atoms with Crippen molar-refractivity contribution in [3.63, 3.8) is 0 Å². The van der Waals surface area contributed by atoms with Gasteiger partial charge in [0.1, 0.15) is 11.3 Å². The number of oxazole rings is 1. The van der Waals surface area contributed by atoms with E-state index in [0.29, 0.717) is 19.0 Å². The third-order valence-corrected chi connectivity index (χ3v) is 3.08. The summed E-state index contributed by atoms with van der Waals surface area (Å²) in [5.74, 6) is 1.41. The highest BCUT2D eigenvalue weighted by atomic mass is 16.5. The zero-order valence-corrected chi connectivity index (χ0v) is 11.3. The van der Waals surface area contributed by atoms with Crippen molar-refractivity contribution in [2.24, 2.45) is 5.73 Å². The monoisotopic (exact) mass is 268 g/mol. The highest BCUT2D eigenvalue weighted by Crippen LogP contribution is 2.27. The van der Waals surface area contributed by atoms with Crippen LogP contribution in [-0.2, 0) is 6.54 Å². The molecule has 0 aliphatic carbocycles. The van der Waals surface area contributed by atoms with Gasteiger partial charge in [0.25, 0.3) is 0 Å². The summed E-state index contributed by atoms with van der Waals surface area (Å²) < 4.78 is 11.3. The summed E-state index contributed by atoms with van der Waals surface area (Å²) in [7, 11) is 0. The zero-order valence-electron chi connectivity index (χ0n) is 11.3. The number of hydrogen-bond donors (Lipinski definition) is 1. The van der Waals surface area contributed by atoms with Crippen molar-refractivity contribution in [3.8, 4) is 17.2 Å². The molecule has 0 aliphatic rings. The molecule has 4 heteroatoms. The summed E-state index contributed by atoms with van der Waals surface area (Å²) in [6.45, 7) is 3.09. The maximum Gasteiger partial charge on any atom is 0.227 e. The van der Waals surface area contributed by atoms with Crippen molar-refractivity contribution < 1.29 is 9.15 Å². The Morgan fingerprint density at radius 3 is 2.90 bits per heavy atom. The van der Waals surface area contributed by atoms with E-state index >= 15 is 0 Å². The lowest BCUT2D eigenvalue weighted by molar-refractivity contribution is 0.340. The second-order valence-corrected chi connectivity index (χ2v) is 4.49. The van der Waals surface area contributed by atoms with Gasteiger partial charge in [0.15, 0.2) is 5.58 Å². The van der Waals surface area contributed by atoms with E-state index in [9.17, 15) is 0 Å². The largest absolute Gasteiger partial charge is 0.494 e. The third kappa shape index (κ3) is 2.38. The van der Waals surface area contributed by atoms with Crippen LogP contribution in [0, 0.1) is 0 Å². The average molecular weight is 268 g/mol. The van der Waals surface area contributed by atoms with Crippen molar-refractivity contribution in [2.45, 2.75) is 13.5 Å². The van der Waals surface area contributed by atoms with Crippen LogP contribution in [0.25, 0.3) is 22.6 Å². The van der Waals surface area contributed by atoms with Gasteiger partial charge in [0, 0.05) is 12.1 Å². The van der Waals surface area contributed by atoms with Gasteiger partial charge in [-0.1, -0.05) is 12.1 Å². The second kappa shape index (κ2) is 5.35. The van der Waals surface area contributed by atoms with Gasteiger partial charge < -0.3 is 14.9 Å². The van der Waals surface area contributed by atoms with Crippen LogP contribution in [0.3, 0.4) is 0 Å². The molecule has 0 atom stereocenters. The first-order valence-electron chi connectivity index (χ1n) is 6.63. The summed E-state index contributed by atoms with van der Waals surface area (Å²) >= 11 is 0. The first kappa shape index (κ1) is 12.7. The minimum Gasteiger partial charge on any atom is -0.494 e. The fraction of sp³-hybridized carbons (Fsp3) is 0.188. The molecule has 3 aromatic rings. The van der Waals surface area contributed by atoms with E-state index < -0.39 is 0 Å². The van der Waals surface area contributed by atoms with E-state index in [2.05, 4.69) is 4.98 Å². The quantitative estimate of drug-likeness (QED) is 0.788. The molecule has 0 unspecified atom stereocenters. The van der Waals surface area contributed by atoms with E-state index in [-0.39, 0.29) is 0 Å². The van der Waals surface area contributed by atoms with E-state index in [1.165, 1.54) is 0 Å². The molecule has 3 rings (SSSR count). The fourth-order valence-corrected chi connectivity index (χ4v) is 2.11. The number of rotatable bonds is 4. The number of aromatic nitrogens is 1. The number of fused-ring (bicyclic) bond motifs is 1. The Hall–Kier alpha value is -2.33. The van der Waals surface area contributed by atoms with Gasteiger partial charge in [0.05, 0.1) is 6.61 Å². The van der Waals surface area contributed by atoms with Crippen molar-refractivity contribution in [1.82, 2.24) is 4.98 Å². The average Bonchev–Trinajstić information content (AvgIpc) is 2.90. The number of nitrogens with two attached hydrogens (primary N) is 1. The molecule has 4 nitrogen and oxygen atoms in total. The van der Waals surface area contributed by atoms with Gasteiger partial charge in [0.2, 0.25) is 5.89 Å². The number of benzene rings is 2. The summed E-state index contributed by atoms with van der Waals surface area (Å²) in [5.41, 5.74) is 9.17. The third-order valence-electron chi connectivity index (χ3n) is 3.08. The molecular formula is C16H16N2O2. The zero-order chi connectivity index (χ0) is 13.9. The standard InChI is InChI=1S/C16H16N2O2/c1-2-19-13-5-3-4-12(9-13)16-18-14-8-11(10-17)6-7-15(14)20-16/h3-9H,2,10,17H2,1H3. The summed E-state index contributed by atoms with van der Waals surface area (Å²) in [4.78, 5) is 4.52. The van der Waals surface area contributed by atoms with Crippen LogP contribution in [0.15, 0.2) is 46.9 Å². The number of ether oxygens (including phenoxy) is 1. The van der Waals surface area contributed by atoms with Crippen molar-refractivity contribution in [3.05, 3.63) is 48.0 Å². The van der Waals surface area contributed by atoms with Crippen LogP contribution in [-0.4, -0.2) is 11.6 Å². The fourth-order valence-electron chi connectivity index (χ4n) is 2.11. The maximum atomic E-state index is 5.78. The lowest BCUT2D eigenvalue weighted by Gasteiger charge is -2.03. The number of nitrogens with zero attached hydrogens (tertiary/aromatic N) is 1. The van der Waals surface area contributed by atoms with Crippen LogP contribution in [0.2, 0.25) is 0 Å². The molecule has 20 heavy (non-hydrogen) atoms. The van der Waals surface area contributed by atoms with Gasteiger partial charge in [-0.15, -0.1) is 0 Å². The van der Waals surface area contributed by atoms with Gasteiger partial charge in [-0.2, -0.15) is 0 Å². The molecule has 0 bridgehead atoms. The topological polar surface area (TPSA) is 61.3 Å². The van der Waals surface area contributed by atoms with Gasteiger partial charge in [-0.3, -0.25) is 0 Å². The summed E-state index contributed by atoms with van der Waals surface area (Å²) in [5, 5.41) is 0. The van der Waals surface area contributed by atoms with Crippen molar-refractivity contribution in [2.75, 3.05) is 6.61 Å². The summed E-state index contributed by atoms with van der Waals surface area (Å²) in [6.07, 6.45) is 0. The number of hydrogen-bond acceptors (Lipinski definition) is 4. The van der Waals surface area contributed by atoms with Gasteiger partial charge >= 0.3 is 0 Å². The van der Waals surface area contributed by atoms with Crippen LogP contribution in [0.1, 0.15) is 12.5 Å². The van der Waals surface area contributed by atoms with E-state index in [4.69, 9.17) is 14.9 Å². The van der Waals surface area contributed by atoms with Crippen LogP contribution < -0.4 is 10.5 Å². The second-order valence-electron chi connectivity index (χ2n) is 4.49. The molecule has 0 saturated heterocycles. The Bertz CT molecular complexity index is 734. The molecule has 2 N–H and O–H groups in total. The van der Waals surface area contributed by atoms with Crippen LogP contribution >= 0.6 is 0 Å². The first-order chi connectivity index (χ1) is 9.80. The molecule has 0 amide bonds. The molecule has 1 aromatic heterocycles. The molecular weight excluding hydrogens is 252 g/mol. The lowest BCUT2D eigenvalue weighted by Crippen LogP contribution is -1.94. The Morgan fingerprint density at radius 1 is 1.20 bits per heavy atom. The Kier molecular flexibility index (Phi) is 3.39. The minimum absolute atomic E-state index is 0.498. The smallest absolute Gasteiger partial charge is 0.227 e. The minimum atomic E-state index is 0.498. The molecule has 0 aliphatic heterocycles. The highest BCUT2D eigenvalue weighted by Gasteiger charge is 2.09. The Balaban J connectivity index is 2.03. The predicted octanol–water partition coefficient (Wildman–Crippen LogP) is 3.35.